The molecule has 2 aromatic rings. The Bertz CT molecular complexity index is 656. The van der Waals surface area contributed by atoms with E-state index in [0.29, 0.717) is 11.6 Å². The molecule has 0 bridgehead atoms. The van der Waals surface area contributed by atoms with Crippen molar-refractivity contribution in [2.45, 2.75) is 6.92 Å². The number of hydrogen-bond donors (Lipinski definition) is 1. The highest BCUT2D eigenvalue weighted by Crippen LogP contribution is 2.16. The van der Waals surface area contributed by atoms with Crippen LogP contribution in [-0.2, 0) is 10.0 Å². The van der Waals surface area contributed by atoms with E-state index in [1.165, 1.54) is 0 Å². The largest absolute Gasteiger partial charge is 0.283 e. The Kier molecular flexibility index (Phi) is 4.67. The van der Waals surface area contributed by atoms with Gasteiger partial charge in [-0.2, -0.15) is 5.10 Å². The van der Waals surface area contributed by atoms with Crippen LogP contribution < -0.4 is 4.72 Å². The van der Waals surface area contributed by atoms with Crippen molar-refractivity contribution >= 4 is 27.3 Å². The third kappa shape index (κ3) is 3.98. The van der Waals surface area contributed by atoms with E-state index in [0.717, 1.165) is 5.69 Å². The van der Waals surface area contributed by atoms with E-state index in [-0.39, 0.29) is 11.7 Å². The Morgan fingerprint density at radius 1 is 1.40 bits per heavy atom. The van der Waals surface area contributed by atoms with E-state index < -0.39 is 10.0 Å². The van der Waals surface area contributed by atoms with Crippen LogP contribution in [0.2, 0.25) is 0 Å². The molecule has 1 unspecified atom stereocenters. The first kappa shape index (κ1) is 14.9. The van der Waals surface area contributed by atoms with Gasteiger partial charge in [-0.15, -0.1) is 11.6 Å². The summed E-state index contributed by atoms with van der Waals surface area (Å²) in [5.74, 6) is 0.222. The van der Waals surface area contributed by atoms with Gasteiger partial charge in [0.2, 0.25) is 10.0 Å². The second-order valence-corrected chi connectivity index (χ2v) is 6.72. The van der Waals surface area contributed by atoms with Gasteiger partial charge in [0.15, 0.2) is 0 Å². The minimum absolute atomic E-state index is 0.00248. The lowest BCUT2D eigenvalue weighted by Gasteiger charge is -2.12. The molecule has 7 heteroatoms. The van der Waals surface area contributed by atoms with Crippen LogP contribution in [0.3, 0.4) is 0 Å². The number of nitrogens with one attached hydrogen (secondary N) is 1. The van der Waals surface area contributed by atoms with Gasteiger partial charge >= 0.3 is 0 Å². The normalized spacial score (nSPS) is 13.1. The summed E-state index contributed by atoms with van der Waals surface area (Å²) in [5, 5.41) is 4.11. The average molecular weight is 314 g/mol. The Labute approximate surface area is 123 Å². The first-order chi connectivity index (χ1) is 9.50. The topological polar surface area (TPSA) is 64.0 Å². The molecule has 2 rings (SSSR count). The highest BCUT2D eigenvalue weighted by Gasteiger charge is 2.15. The van der Waals surface area contributed by atoms with Gasteiger partial charge in [0, 0.05) is 18.3 Å². The Morgan fingerprint density at radius 2 is 2.20 bits per heavy atom. The number of alkyl halides is 1. The summed E-state index contributed by atoms with van der Waals surface area (Å²) in [6, 6.07) is 8.87. The number of sulfonamides is 1. The molecule has 0 aliphatic heterocycles. The second-order valence-electron chi connectivity index (χ2n) is 4.64. The van der Waals surface area contributed by atoms with Crippen molar-refractivity contribution in [1.29, 1.82) is 0 Å². The number of nitrogens with zero attached hydrogens (tertiary/aromatic N) is 2. The SMILES string of the molecule is CC(CCl)CS(=O)(=O)Nc1cccc(-n2cccn2)c1. The van der Waals surface area contributed by atoms with Crippen molar-refractivity contribution < 1.29 is 8.42 Å². The van der Waals surface area contributed by atoms with Gasteiger partial charge in [-0.1, -0.05) is 13.0 Å². The van der Waals surface area contributed by atoms with Crippen molar-refractivity contribution in [1.82, 2.24) is 9.78 Å². The lowest BCUT2D eigenvalue weighted by atomic mass is 10.3. The standard InChI is InChI=1S/C13H16ClN3O2S/c1-11(9-14)10-20(18,19)16-12-4-2-5-13(8-12)17-7-3-6-15-17/h2-8,11,16H,9-10H2,1H3. The molecule has 5 nitrogen and oxygen atoms in total. The molecule has 0 aliphatic rings. The molecule has 0 amide bonds. The van der Waals surface area contributed by atoms with E-state index in [9.17, 15) is 8.42 Å². The van der Waals surface area contributed by atoms with Crippen LogP contribution in [0.5, 0.6) is 0 Å². The molecular weight excluding hydrogens is 298 g/mol. The summed E-state index contributed by atoms with van der Waals surface area (Å²) in [5.41, 5.74) is 1.31. The number of anilines is 1. The fourth-order valence-electron chi connectivity index (χ4n) is 1.77. The molecule has 1 atom stereocenters. The fourth-order valence-corrected chi connectivity index (χ4v) is 3.45. The molecule has 0 spiro atoms. The van der Waals surface area contributed by atoms with Crippen LogP contribution in [0.1, 0.15) is 6.92 Å². The highest BCUT2D eigenvalue weighted by atomic mass is 35.5. The van der Waals surface area contributed by atoms with E-state index in [2.05, 4.69) is 9.82 Å². The number of halogens is 1. The summed E-state index contributed by atoms with van der Waals surface area (Å²) >= 11 is 5.65. The minimum Gasteiger partial charge on any atom is -0.283 e. The van der Waals surface area contributed by atoms with Gasteiger partial charge < -0.3 is 0 Å². The molecule has 0 aliphatic carbocycles. The Morgan fingerprint density at radius 3 is 2.85 bits per heavy atom. The third-order valence-corrected chi connectivity index (χ3v) is 4.74. The summed E-state index contributed by atoms with van der Waals surface area (Å²) < 4.78 is 28.2. The van der Waals surface area contributed by atoms with Crippen LogP contribution in [0.15, 0.2) is 42.7 Å². The van der Waals surface area contributed by atoms with Crippen molar-refractivity contribution in [2.75, 3.05) is 16.4 Å². The zero-order valence-electron chi connectivity index (χ0n) is 11.0. The van der Waals surface area contributed by atoms with Crippen molar-refractivity contribution in [2.24, 2.45) is 5.92 Å². The monoisotopic (exact) mass is 313 g/mol. The maximum Gasteiger partial charge on any atom is 0.233 e. The molecule has 1 heterocycles. The maximum absolute atomic E-state index is 12.0. The first-order valence-corrected chi connectivity index (χ1v) is 8.35. The average Bonchev–Trinajstić information content (AvgIpc) is 2.91. The zero-order chi connectivity index (χ0) is 14.6. The van der Waals surface area contributed by atoms with Gasteiger partial charge in [-0.05, 0) is 30.2 Å². The molecule has 0 saturated heterocycles. The Balaban J connectivity index is 2.16. The van der Waals surface area contributed by atoms with Crippen LogP contribution >= 0.6 is 11.6 Å². The molecule has 0 saturated carbocycles. The lowest BCUT2D eigenvalue weighted by Crippen LogP contribution is -2.22. The molecule has 1 aromatic heterocycles. The summed E-state index contributed by atoms with van der Waals surface area (Å²) in [4.78, 5) is 0. The molecule has 0 fully saturated rings. The zero-order valence-corrected chi connectivity index (χ0v) is 12.6. The van der Waals surface area contributed by atoms with E-state index >= 15 is 0 Å². The number of benzene rings is 1. The van der Waals surface area contributed by atoms with E-state index in [1.807, 2.05) is 6.07 Å². The van der Waals surface area contributed by atoms with Gasteiger partial charge in [-0.25, -0.2) is 13.1 Å². The predicted octanol–water partition coefficient (Wildman–Crippen LogP) is 2.49. The van der Waals surface area contributed by atoms with Crippen molar-refractivity contribution in [3.05, 3.63) is 42.7 Å². The minimum atomic E-state index is -3.40. The molecule has 1 aromatic carbocycles. The molecular formula is C13H16ClN3O2S. The quantitative estimate of drug-likeness (QED) is 0.833. The smallest absolute Gasteiger partial charge is 0.233 e. The molecule has 0 radical (unpaired) electrons. The van der Waals surface area contributed by atoms with Gasteiger partial charge in [0.05, 0.1) is 17.1 Å². The second kappa shape index (κ2) is 6.28. The van der Waals surface area contributed by atoms with Crippen LogP contribution in [0.25, 0.3) is 5.69 Å². The van der Waals surface area contributed by atoms with Gasteiger partial charge in [-0.3, -0.25) is 4.72 Å². The summed E-state index contributed by atoms with van der Waals surface area (Å²) in [6.07, 6.45) is 3.46. The third-order valence-electron chi connectivity index (χ3n) is 2.66. The van der Waals surface area contributed by atoms with Crippen molar-refractivity contribution in [3.63, 3.8) is 0 Å². The summed E-state index contributed by atoms with van der Waals surface area (Å²) in [6.45, 7) is 1.80. The fraction of sp³-hybridized carbons (Fsp3) is 0.308. The van der Waals surface area contributed by atoms with E-state index in [4.69, 9.17) is 11.6 Å². The van der Waals surface area contributed by atoms with Gasteiger partial charge in [0.1, 0.15) is 0 Å². The lowest BCUT2D eigenvalue weighted by molar-refractivity contribution is 0.588. The first-order valence-electron chi connectivity index (χ1n) is 6.17. The van der Waals surface area contributed by atoms with Crippen LogP contribution in [0, 0.1) is 5.92 Å². The van der Waals surface area contributed by atoms with Crippen molar-refractivity contribution in [3.8, 4) is 5.69 Å². The number of rotatable bonds is 6. The number of aromatic nitrogens is 2. The van der Waals surface area contributed by atoms with E-state index in [1.54, 1.807) is 48.3 Å². The predicted molar refractivity (Wildman–Crippen MR) is 80.9 cm³/mol. The van der Waals surface area contributed by atoms with Gasteiger partial charge in [0.25, 0.3) is 0 Å². The highest BCUT2D eigenvalue weighted by molar-refractivity contribution is 7.92. The van der Waals surface area contributed by atoms with Crippen LogP contribution in [-0.4, -0.2) is 29.8 Å². The van der Waals surface area contributed by atoms with Crippen LogP contribution in [0.4, 0.5) is 5.69 Å². The summed E-state index contributed by atoms with van der Waals surface area (Å²) in [7, 11) is -3.40. The Hall–Kier alpha value is -1.53. The number of hydrogen-bond acceptors (Lipinski definition) is 3. The molecule has 20 heavy (non-hydrogen) atoms. The molecule has 1 N–H and O–H groups in total. The maximum atomic E-state index is 12.0. The molecule has 108 valence electrons.